The van der Waals surface area contributed by atoms with Crippen molar-refractivity contribution in [2.75, 3.05) is 7.11 Å². The highest BCUT2D eigenvalue weighted by molar-refractivity contribution is 5.85. The molecule has 2 aromatic carbocycles. The monoisotopic (exact) mass is 322 g/mol. The number of benzene rings is 2. The van der Waals surface area contributed by atoms with Gasteiger partial charge in [0.25, 0.3) is 0 Å². The molecule has 6 heteroatoms. The lowest BCUT2D eigenvalue weighted by molar-refractivity contribution is 0.414. The van der Waals surface area contributed by atoms with E-state index in [4.69, 9.17) is 9.47 Å². The Morgan fingerprint density at radius 2 is 2.04 bits per heavy atom. The van der Waals surface area contributed by atoms with Crippen molar-refractivity contribution in [3.63, 3.8) is 0 Å². The molecule has 0 bridgehead atoms. The minimum atomic E-state index is -0.373. The van der Waals surface area contributed by atoms with Crippen LogP contribution in [-0.4, -0.2) is 22.1 Å². The number of aromatic amines is 1. The molecule has 0 aliphatic rings. The zero-order valence-electron chi connectivity index (χ0n) is 13.1. The van der Waals surface area contributed by atoms with Crippen LogP contribution in [0.1, 0.15) is 5.69 Å². The van der Waals surface area contributed by atoms with Crippen molar-refractivity contribution in [1.29, 1.82) is 0 Å². The number of methoxy groups -OCH3 is 1. The Morgan fingerprint density at radius 3 is 2.88 bits per heavy atom. The Balaban J connectivity index is 1.79. The van der Waals surface area contributed by atoms with E-state index in [1.54, 1.807) is 25.3 Å². The molecule has 119 valence electrons. The van der Waals surface area contributed by atoms with E-state index in [0.717, 1.165) is 11.1 Å². The van der Waals surface area contributed by atoms with Crippen molar-refractivity contribution in [3.05, 3.63) is 54.2 Å². The fourth-order valence-electron chi connectivity index (χ4n) is 2.64. The summed E-state index contributed by atoms with van der Waals surface area (Å²) in [5.74, 6) is 0.907. The molecule has 1 N–H and O–H groups in total. The number of aromatic nitrogens is 3. The normalized spacial score (nSPS) is 11.1. The number of rotatable bonds is 3. The zero-order chi connectivity index (χ0) is 16.7. The summed E-state index contributed by atoms with van der Waals surface area (Å²) in [5.41, 5.74) is 2.01. The Kier molecular flexibility index (Phi) is 3.30. The second kappa shape index (κ2) is 5.49. The molecule has 4 aromatic rings. The number of hydrogen-bond donors (Lipinski definition) is 1. The maximum atomic E-state index is 14.2. The number of nitrogens with zero attached hydrogens (tertiary/aromatic N) is 2. The van der Waals surface area contributed by atoms with E-state index >= 15 is 0 Å². The Hall–Kier alpha value is -3.15. The predicted octanol–water partition coefficient (Wildman–Crippen LogP) is 4.16. The maximum absolute atomic E-state index is 14.2. The van der Waals surface area contributed by atoms with E-state index in [2.05, 4.69) is 21.0 Å². The Labute approximate surface area is 137 Å². The highest BCUT2D eigenvalue weighted by Gasteiger charge is 2.11. The van der Waals surface area contributed by atoms with Crippen molar-refractivity contribution in [3.8, 4) is 17.4 Å². The summed E-state index contributed by atoms with van der Waals surface area (Å²) in [6.45, 7) is 1.88. The zero-order valence-corrected chi connectivity index (χ0v) is 13.1. The van der Waals surface area contributed by atoms with Crippen LogP contribution in [0.2, 0.25) is 0 Å². The molecule has 1 radical (unpaired) electrons. The molecule has 0 unspecified atom stereocenters. The maximum Gasteiger partial charge on any atom is 0.230 e. The lowest BCUT2D eigenvalue weighted by Crippen LogP contribution is -1.93. The molecule has 0 amide bonds. The van der Waals surface area contributed by atoms with E-state index in [-0.39, 0.29) is 5.82 Å². The Bertz CT molecular complexity index is 1060. The topological polar surface area (TPSA) is 60.0 Å². The van der Waals surface area contributed by atoms with Crippen molar-refractivity contribution < 1.29 is 13.9 Å². The van der Waals surface area contributed by atoms with Gasteiger partial charge >= 0.3 is 0 Å². The second-order valence-electron chi connectivity index (χ2n) is 5.40. The van der Waals surface area contributed by atoms with E-state index in [1.807, 2.05) is 13.0 Å². The van der Waals surface area contributed by atoms with Crippen molar-refractivity contribution >= 4 is 21.8 Å². The molecule has 0 saturated carbocycles. The molecule has 0 spiro atoms. The first kappa shape index (κ1) is 14.4. The fraction of sp³-hybridized carbons (Fsp3) is 0.111. The van der Waals surface area contributed by atoms with Crippen LogP contribution in [0.5, 0.6) is 17.4 Å². The van der Waals surface area contributed by atoms with Gasteiger partial charge in [-0.25, -0.2) is 14.4 Å². The van der Waals surface area contributed by atoms with Gasteiger partial charge in [-0.3, -0.25) is 0 Å². The summed E-state index contributed by atoms with van der Waals surface area (Å²) in [4.78, 5) is 11.3. The second-order valence-corrected chi connectivity index (χ2v) is 5.40. The molecule has 0 saturated heterocycles. The highest BCUT2D eigenvalue weighted by Crippen LogP contribution is 2.31. The molecule has 0 aliphatic carbocycles. The van der Waals surface area contributed by atoms with Gasteiger partial charge in [0.2, 0.25) is 5.88 Å². The van der Waals surface area contributed by atoms with Crippen LogP contribution in [0.4, 0.5) is 4.39 Å². The number of nitrogens with one attached hydrogen (secondary N) is 1. The smallest absolute Gasteiger partial charge is 0.230 e. The summed E-state index contributed by atoms with van der Waals surface area (Å²) in [6.07, 6.45) is 1.40. The SMILES string of the molecule is COc1[c]cc2c(Oc3cc(F)c4[nH]c(C)cc4c3)ncnc2c1. The largest absolute Gasteiger partial charge is 0.496 e. The van der Waals surface area contributed by atoms with Gasteiger partial charge in [-0.15, -0.1) is 0 Å². The summed E-state index contributed by atoms with van der Waals surface area (Å²) < 4.78 is 25.1. The van der Waals surface area contributed by atoms with Crippen LogP contribution in [0, 0.1) is 18.8 Å². The highest BCUT2D eigenvalue weighted by atomic mass is 19.1. The minimum absolute atomic E-state index is 0.338. The third kappa shape index (κ3) is 2.42. The molecule has 0 atom stereocenters. The minimum Gasteiger partial charge on any atom is -0.496 e. The van der Waals surface area contributed by atoms with Crippen LogP contribution < -0.4 is 9.47 Å². The average Bonchev–Trinajstić information content (AvgIpc) is 2.95. The van der Waals surface area contributed by atoms with Gasteiger partial charge in [0, 0.05) is 29.3 Å². The number of ether oxygens (including phenoxy) is 2. The number of fused-ring (bicyclic) bond motifs is 2. The number of H-pyrrole nitrogens is 1. The first-order valence-corrected chi connectivity index (χ1v) is 7.31. The van der Waals surface area contributed by atoms with Crippen LogP contribution in [0.25, 0.3) is 21.8 Å². The average molecular weight is 322 g/mol. The van der Waals surface area contributed by atoms with Crippen molar-refractivity contribution in [2.24, 2.45) is 0 Å². The van der Waals surface area contributed by atoms with Crippen LogP contribution in [0.3, 0.4) is 0 Å². The van der Waals surface area contributed by atoms with Gasteiger partial charge < -0.3 is 14.5 Å². The van der Waals surface area contributed by atoms with E-state index in [9.17, 15) is 4.39 Å². The number of aryl methyl sites for hydroxylation is 1. The van der Waals surface area contributed by atoms with E-state index in [0.29, 0.717) is 33.8 Å². The standard InChI is InChI=1S/C18H13FN3O2/c1-10-5-11-6-13(7-15(19)17(11)22-10)24-18-14-4-3-12(23-2)8-16(14)20-9-21-18/h4-9,22H,1-2H3. The van der Waals surface area contributed by atoms with Gasteiger partial charge in [0.15, 0.2) is 5.82 Å². The van der Waals surface area contributed by atoms with Crippen molar-refractivity contribution in [2.45, 2.75) is 6.92 Å². The lowest BCUT2D eigenvalue weighted by atomic mass is 10.2. The fourth-order valence-corrected chi connectivity index (χ4v) is 2.64. The number of hydrogen-bond acceptors (Lipinski definition) is 4. The van der Waals surface area contributed by atoms with Crippen LogP contribution in [0.15, 0.2) is 36.7 Å². The van der Waals surface area contributed by atoms with E-state index < -0.39 is 0 Å². The van der Waals surface area contributed by atoms with Crippen LogP contribution in [-0.2, 0) is 0 Å². The molecule has 0 fully saturated rings. The number of halogens is 1. The molecule has 24 heavy (non-hydrogen) atoms. The van der Waals surface area contributed by atoms with Crippen LogP contribution >= 0.6 is 0 Å². The van der Waals surface area contributed by atoms with Gasteiger partial charge in [-0.2, -0.15) is 0 Å². The summed E-state index contributed by atoms with van der Waals surface area (Å²) in [5, 5.41) is 1.41. The summed E-state index contributed by atoms with van der Waals surface area (Å²) >= 11 is 0. The summed E-state index contributed by atoms with van der Waals surface area (Å²) in [6, 6.07) is 11.4. The quantitative estimate of drug-likeness (QED) is 0.615. The molecule has 4 rings (SSSR count). The molecular formula is C18H13FN3O2. The third-order valence-electron chi connectivity index (χ3n) is 3.73. The van der Waals surface area contributed by atoms with Crippen molar-refractivity contribution in [1.82, 2.24) is 15.0 Å². The molecule has 2 aromatic heterocycles. The predicted molar refractivity (Wildman–Crippen MR) is 88.0 cm³/mol. The van der Waals surface area contributed by atoms with Gasteiger partial charge in [-0.05, 0) is 25.1 Å². The van der Waals surface area contributed by atoms with Gasteiger partial charge in [0.1, 0.15) is 17.8 Å². The van der Waals surface area contributed by atoms with E-state index in [1.165, 1.54) is 12.4 Å². The Morgan fingerprint density at radius 1 is 1.17 bits per heavy atom. The molecule has 0 aliphatic heterocycles. The molecule has 2 heterocycles. The first-order chi connectivity index (χ1) is 11.6. The molecule has 5 nitrogen and oxygen atoms in total. The first-order valence-electron chi connectivity index (χ1n) is 7.31. The van der Waals surface area contributed by atoms with Gasteiger partial charge in [-0.1, -0.05) is 0 Å². The van der Waals surface area contributed by atoms with Gasteiger partial charge in [0.05, 0.1) is 23.5 Å². The summed E-state index contributed by atoms with van der Waals surface area (Å²) in [7, 11) is 1.56. The third-order valence-corrected chi connectivity index (χ3v) is 3.73. The lowest BCUT2D eigenvalue weighted by Gasteiger charge is -2.08. The molecular weight excluding hydrogens is 309 g/mol.